The molecule has 4 heteroatoms. The van der Waals surface area contributed by atoms with Crippen LogP contribution in [0.3, 0.4) is 0 Å². The normalized spacial score (nSPS) is 17.9. The maximum absolute atomic E-state index is 5.87. The molecular formula is C14H22ClN3. The van der Waals surface area contributed by atoms with Gasteiger partial charge in [0, 0.05) is 38.3 Å². The summed E-state index contributed by atoms with van der Waals surface area (Å²) >= 11 is 5.87. The van der Waals surface area contributed by atoms with Gasteiger partial charge in [-0.05, 0) is 37.1 Å². The highest BCUT2D eigenvalue weighted by Gasteiger charge is 2.22. The summed E-state index contributed by atoms with van der Waals surface area (Å²) < 4.78 is 0. The molecule has 3 nitrogen and oxygen atoms in total. The minimum atomic E-state index is 0.553. The number of anilines is 1. The highest BCUT2D eigenvalue weighted by Crippen LogP contribution is 2.21. The second-order valence-corrected chi connectivity index (χ2v) is 5.20. The van der Waals surface area contributed by atoms with Gasteiger partial charge in [0.1, 0.15) is 5.82 Å². The van der Waals surface area contributed by atoms with Gasteiger partial charge in [-0.1, -0.05) is 6.92 Å². The van der Waals surface area contributed by atoms with Crippen molar-refractivity contribution in [3.8, 4) is 0 Å². The maximum atomic E-state index is 5.87. The lowest BCUT2D eigenvalue weighted by Gasteiger charge is -2.36. The smallest absolute Gasteiger partial charge is 0.128 e. The van der Waals surface area contributed by atoms with Crippen LogP contribution in [0.5, 0.6) is 0 Å². The van der Waals surface area contributed by atoms with Crippen LogP contribution in [0.1, 0.15) is 25.3 Å². The summed E-state index contributed by atoms with van der Waals surface area (Å²) in [5, 5.41) is 0. The molecule has 2 rings (SSSR count). The molecule has 18 heavy (non-hydrogen) atoms. The Labute approximate surface area is 115 Å². The first-order valence-electron chi connectivity index (χ1n) is 6.70. The van der Waals surface area contributed by atoms with Gasteiger partial charge >= 0.3 is 0 Å². The number of likely N-dealkylation sites (tertiary alicyclic amines) is 1. The number of alkyl halides is 1. The third-order valence-electron chi connectivity index (χ3n) is 3.88. The fourth-order valence-electron chi connectivity index (χ4n) is 2.55. The molecule has 0 radical (unpaired) electrons. The number of aromatic nitrogens is 1. The largest absolute Gasteiger partial charge is 0.357 e. The topological polar surface area (TPSA) is 19.4 Å². The van der Waals surface area contributed by atoms with Crippen molar-refractivity contribution in [1.82, 2.24) is 9.88 Å². The number of rotatable bonds is 4. The molecule has 0 atom stereocenters. The Morgan fingerprint density at radius 2 is 2.17 bits per heavy atom. The molecule has 0 spiro atoms. The SMILES string of the molecule is CCN1CCC(N(C)c2cc(CCl)ccn2)CC1. The molecule has 2 heterocycles. The number of pyridine rings is 1. The van der Waals surface area contributed by atoms with Crippen LogP contribution in [0.25, 0.3) is 0 Å². The Balaban J connectivity index is 2.00. The van der Waals surface area contributed by atoms with E-state index in [1.165, 1.54) is 25.9 Å². The van der Waals surface area contributed by atoms with Gasteiger partial charge in [0.2, 0.25) is 0 Å². The van der Waals surface area contributed by atoms with Crippen LogP contribution in [-0.2, 0) is 5.88 Å². The van der Waals surface area contributed by atoms with Crippen LogP contribution < -0.4 is 4.90 Å². The summed E-state index contributed by atoms with van der Waals surface area (Å²) in [6, 6.07) is 4.68. The molecule has 0 amide bonds. The first-order valence-corrected chi connectivity index (χ1v) is 7.24. The van der Waals surface area contributed by atoms with Crippen molar-refractivity contribution in [2.75, 3.05) is 31.6 Å². The van der Waals surface area contributed by atoms with Crippen molar-refractivity contribution in [1.29, 1.82) is 0 Å². The molecule has 0 N–H and O–H groups in total. The van der Waals surface area contributed by atoms with Crippen molar-refractivity contribution in [2.45, 2.75) is 31.7 Å². The molecule has 0 aromatic carbocycles. The van der Waals surface area contributed by atoms with Crippen LogP contribution in [0.15, 0.2) is 18.3 Å². The third-order valence-corrected chi connectivity index (χ3v) is 4.19. The van der Waals surface area contributed by atoms with Gasteiger partial charge in [-0.2, -0.15) is 0 Å². The van der Waals surface area contributed by atoms with E-state index in [0.29, 0.717) is 11.9 Å². The van der Waals surface area contributed by atoms with Crippen LogP contribution in [-0.4, -0.2) is 42.6 Å². The number of hydrogen-bond acceptors (Lipinski definition) is 3. The summed E-state index contributed by atoms with van der Waals surface area (Å²) in [6.45, 7) is 5.79. The second-order valence-electron chi connectivity index (χ2n) is 4.93. The van der Waals surface area contributed by atoms with E-state index >= 15 is 0 Å². The van der Waals surface area contributed by atoms with E-state index in [2.05, 4.69) is 34.8 Å². The van der Waals surface area contributed by atoms with E-state index in [1.54, 1.807) is 0 Å². The molecule has 0 aliphatic carbocycles. The molecule has 0 unspecified atom stereocenters. The first-order chi connectivity index (χ1) is 8.74. The first kappa shape index (κ1) is 13.6. The summed E-state index contributed by atoms with van der Waals surface area (Å²) in [7, 11) is 2.15. The van der Waals surface area contributed by atoms with Gasteiger partial charge in [-0.3, -0.25) is 0 Å². The average Bonchev–Trinajstić information content (AvgIpc) is 2.46. The van der Waals surface area contributed by atoms with Crippen LogP contribution in [0.4, 0.5) is 5.82 Å². The molecule has 1 fully saturated rings. The molecule has 1 aliphatic heterocycles. The van der Waals surface area contributed by atoms with Crippen molar-refractivity contribution in [3.63, 3.8) is 0 Å². The molecule has 1 saturated heterocycles. The zero-order valence-electron chi connectivity index (χ0n) is 11.3. The monoisotopic (exact) mass is 267 g/mol. The lowest BCUT2D eigenvalue weighted by Crippen LogP contribution is -2.43. The van der Waals surface area contributed by atoms with Crippen LogP contribution >= 0.6 is 11.6 Å². The van der Waals surface area contributed by atoms with Crippen molar-refractivity contribution >= 4 is 17.4 Å². The predicted octanol–water partition coefficient (Wildman–Crippen LogP) is 2.74. The third kappa shape index (κ3) is 3.15. The number of nitrogens with zero attached hydrogens (tertiary/aromatic N) is 3. The molecule has 1 aromatic rings. The minimum absolute atomic E-state index is 0.553. The van der Waals surface area contributed by atoms with Gasteiger partial charge < -0.3 is 9.80 Å². The molecule has 1 aromatic heterocycles. The Bertz CT molecular complexity index is 375. The van der Waals surface area contributed by atoms with Gasteiger partial charge in [0.25, 0.3) is 0 Å². The van der Waals surface area contributed by atoms with Crippen molar-refractivity contribution in [2.24, 2.45) is 0 Å². The standard InChI is InChI=1S/C14H22ClN3/c1-3-18-8-5-13(6-9-18)17(2)14-10-12(11-15)4-7-16-14/h4,7,10,13H,3,5-6,8-9,11H2,1-2H3. The highest BCUT2D eigenvalue weighted by molar-refractivity contribution is 6.17. The Hall–Kier alpha value is -0.800. The maximum Gasteiger partial charge on any atom is 0.128 e. The highest BCUT2D eigenvalue weighted by atomic mass is 35.5. The zero-order chi connectivity index (χ0) is 13.0. The van der Waals surface area contributed by atoms with E-state index in [9.17, 15) is 0 Å². The van der Waals surface area contributed by atoms with Crippen molar-refractivity contribution < 1.29 is 0 Å². The van der Waals surface area contributed by atoms with E-state index in [0.717, 1.165) is 17.9 Å². The second kappa shape index (κ2) is 6.39. The quantitative estimate of drug-likeness (QED) is 0.782. The predicted molar refractivity (Wildman–Crippen MR) is 77.3 cm³/mol. The summed E-state index contributed by atoms with van der Waals surface area (Å²) in [5.74, 6) is 1.60. The fourth-order valence-corrected chi connectivity index (χ4v) is 2.71. The van der Waals surface area contributed by atoms with Crippen molar-refractivity contribution in [3.05, 3.63) is 23.9 Å². The van der Waals surface area contributed by atoms with Gasteiger partial charge in [0.05, 0.1) is 0 Å². The molecule has 0 bridgehead atoms. The van der Waals surface area contributed by atoms with Crippen LogP contribution in [0, 0.1) is 0 Å². The van der Waals surface area contributed by atoms with Gasteiger partial charge in [-0.15, -0.1) is 11.6 Å². The van der Waals surface area contributed by atoms with E-state index < -0.39 is 0 Å². The molecule has 0 saturated carbocycles. The summed E-state index contributed by atoms with van der Waals surface area (Å²) in [4.78, 5) is 9.27. The van der Waals surface area contributed by atoms with E-state index in [4.69, 9.17) is 11.6 Å². The fraction of sp³-hybridized carbons (Fsp3) is 0.643. The number of hydrogen-bond donors (Lipinski definition) is 0. The zero-order valence-corrected chi connectivity index (χ0v) is 12.0. The Morgan fingerprint density at radius 1 is 1.44 bits per heavy atom. The lowest BCUT2D eigenvalue weighted by molar-refractivity contribution is 0.220. The average molecular weight is 268 g/mol. The van der Waals surface area contributed by atoms with Gasteiger partial charge in [-0.25, -0.2) is 4.98 Å². The molecule has 1 aliphatic rings. The lowest BCUT2D eigenvalue weighted by atomic mass is 10.0. The number of halogens is 1. The van der Waals surface area contributed by atoms with Gasteiger partial charge in [0.15, 0.2) is 0 Å². The Morgan fingerprint density at radius 3 is 2.78 bits per heavy atom. The van der Waals surface area contributed by atoms with E-state index in [1.807, 2.05) is 12.3 Å². The molecule has 100 valence electrons. The summed E-state index contributed by atoms with van der Waals surface area (Å²) in [6.07, 6.45) is 4.29. The number of piperidine rings is 1. The minimum Gasteiger partial charge on any atom is -0.357 e. The molecular weight excluding hydrogens is 246 g/mol. The Kier molecular flexibility index (Phi) is 4.84. The van der Waals surface area contributed by atoms with E-state index in [-0.39, 0.29) is 0 Å². The summed E-state index contributed by atoms with van der Waals surface area (Å²) in [5.41, 5.74) is 1.14. The van der Waals surface area contributed by atoms with Crippen LogP contribution in [0.2, 0.25) is 0 Å².